The molecule has 88 valence electrons. The van der Waals surface area contributed by atoms with Gasteiger partial charge in [-0.3, -0.25) is 10.6 Å². The third-order valence-electron chi connectivity index (χ3n) is 2.15. The van der Waals surface area contributed by atoms with Gasteiger partial charge in [-0.1, -0.05) is 18.2 Å². The van der Waals surface area contributed by atoms with Crippen LogP contribution in [0.3, 0.4) is 0 Å². The second kappa shape index (κ2) is 8.69. The average Bonchev–Trinajstić information content (AvgIpc) is 2.13. The van der Waals surface area contributed by atoms with Gasteiger partial charge < -0.3 is 0 Å². The molecular formula is C13H26N2. The maximum atomic E-state index is 3.75. The second-order valence-corrected chi connectivity index (χ2v) is 4.21. The molecule has 0 aliphatic carbocycles. The molecule has 0 saturated carbocycles. The lowest BCUT2D eigenvalue weighted by Crippen LogP contribution is -2.47. The average molecular weight is 210 g/mol. The van der Waals surface area contributed by atoms with Gasteiger partial charge in [-0.2, -0.15) is 0 Å². The predicted molar refractivity (Wildman–Crippen MR) is 68.9 cm³/mol. The number of nitrogens with one attached hydrogen (secondary N) is 2. The van der Waals surface area contributed by atoms with Crippen LogP contribution < -0.4 is 10.6 Å². The Kier molecular flexibility index (Phi) is 8.34. The zero-order valence-corrected chi connectivity index (χ0v) is 10.6. The molecule has 0 aliphatic rings. The number of rotatable bonds is 8. The summed E-state index contributed by atoms with van der Waals surface area (Å²) in [6, 6.07) is 0.951. The summed E-state index contributed by atoms with van der Waals surface area (Å²) in [6.45, 7) is 12.3. The highest BCUT2D eigenvalue weighted by Crippen LogP contribution is 2.01. The Morgan fingerprint density at radius 2 is 1.87 bits per heavy atom. The van der Waals surface area contributed by atoms with Gasteiger partial charge in [0.15, 0.2) is 0 Å². The third-order valence-corrected chi connectivity index (χ3v) is 2.15. The van der Waals surface area contributed by atoms with E-state index in [1.165, 1.54) is 0 Å². The first-order chi connectivity index (χ1) is 7.10. The molecule has 2 nitrogen and oxygen atoms in total. The van der Waals surface area contributed by atoms with Crippen molar-refractivity contribution < 1.29 is 0 Å². The molecule has 2 unspecified atom stereocenters. The molecule has 0 saturated heterocycles. The molecule has 0 radical (unpaired) electrons. The topological polar surface area (TPSA) is 24.1 Å². The first kappa shape index (κ1) is 14.4. The lowest BCUT2D eigenvalue weighted by atomic mass is 10.1. The van der Waals surface area contributed by atoms with Crippen LogP contribution in [0.2, 0.25) is 0 Å². The summed E-state index contributed by atoms with van der Waals surface area (Å²) in [5, 5.41) is 6.98. The van der Waals surface area contributed by atoms with Crippen molar-refractivity contribution in [3.05, 3.63) is 24.8 Å². The van der Waals surface area contributed by atoms with Crippen LogP contribution in [0.5, 0.6) is 0 Å². The van der Waals surface area contributed by atoms with Crippen molar-refractivity contribution in [3.63, 3.8) is 0 Å². The van der Waals surface area contributed by atoms with Gasteiger partial charge in [-0.15, -0.1) is 6.58 Å². The van der Waals surface area contributed by atoms with E-state index in [0.717, 1.165) is 12.8 Å². The largest absolute Gasteiger partial charge is 0.300 e. The van der Waals surface area contributed by atoms with Gasteiger partial charge in [-0.05, 0) is 40.5 Å². The summed E-state index contributed by atoms with van der Waals surface area (Å²) in [4.78, 5) is 0. The van der Waals surface area contributed by atoms with E-state index in [-0.39, 0.29) is 0 Å². The summed E-state index contributed by atoms with van der Waals surface area (Å²) >= 11 is 0. The van der Waals surface area contributed by atoms with Crippen LogP contribution in [0.25, 0.3) is 0 Å². The minimum Gasteiger partial charge on any atom is -0.300 e. The fourth-order valence-corrected chi connectivity index (χ4v) is 1.63. The van der Waals surface area contributed by atoms with Crippen molar-refractivity contribution in [2.45, 2.75) is 58.8 Å². The maximum absolute atomic E-state index is 3.75. The van der Waals surface area contributed by atoms with Crippen LogP contribution in [0.1, 0.15) is 40.5 Å². The molecule has 0 spiro atoms. The van der Waals surface area contributed by atoms with Gasteiger partial charge in [0.25, 0.3) is 0 Å². The summed E-state index contributed by atoms with van der Waals surface area (Å²) in [7, 11) is 0. The molecule has 0 aromatic heterocycles. The number of allylic oxidation sites excluding steroid dienone is 2. The molecule has 2 heteroatoms. The monoisotopic (exact) mass is 210 g/mol. The SMILES string of the molecule is C=CCCC(/C=C\C)NC(C)NC(C)C. The number of hydrogen-bond donors (Lipinski definition) is 2. The number of hydrogen-bond acceptors (Lipinski definition) is 2. The predicted octanol–water partition coefficient (Wildman–Crippen LogP) is 2.83. The van der Waals surface area contributed by atoms with Gasteiger partial charge in [0.2, 0.25) is 0 Å². The van der Waals surface area contributed by atoms with Crippen molar-refractivity contribution in [2.75, 3.05) is 0 Å². The highest BCUT2D eigenvalue weighted by Gasteiger charge is 2.08. The highest BCUT2D eigenvalue weighted by molar-refractivity contribution is 4.93. The Morgan fingerprint density at radius 3 is 2.33 bits per heavy atom. The Bertz CT molecular complexity index is 185. The highest BCUT2D eigenvalue weighted by atomic mass is 15.1. The van der Waals surface area contributed by atoms with Crippen molar-refractivity contribution in [2.24, 2.45) is 0 Å². The molecule has 0 bridgehead atoms. The van der Waals surface area contributed by atoms with Crippen molar-refractivity contribution in [3.8, 4) is 0 Å². The molecule has 0 heterocycles. The Labute approximate surface area is 94.8 Å². The summed E-state index contributed by atoms with van der Waals surface area (Å²) in [5.41, 5.74) is 0. The van der Waals surface area contributed by atoms with Crippen LogP contribution >= 0.6 is 0 Å². The fourth-order valence-electron chi connectivity index (χ4n) is 1.63. The van der Waals surface area contributed by atoms with Crippen molar-refractivity contribution >= 4 is 0 Å². The standard InChI is InChI=1S/C13H26N2/c1-6-8-10-13(9-7-2)15-12(5)14-11(3)4/h6-7,9,11-15H,1,8,10H2,2-5H3/b9-7-. The van der Waals surface area contributed by atoms with Crippen LogP contribution in [-0.2, 0) is 0 Å². The van der Waals surface area contributed by atoms with Gasteiger partial charge in [-0.25, -0.2) is 0 Å². The molecule has 2 atom stereocenters. The van der Waals surface area contributed by atoms with E-state index < -0.39 is 0 Å². The van der Waals surface area contributed by atoms with Gasteiger partial charge in [0, 0.05) is 12.1 Å². The van der Waals surface area contributed by atoms with E-state index in [1.54, 1.807) is 0 Å². The second-order valence-electron chi connectivity index (χ2n) is 4.21. The lowest BCUT2D eigenvalue weighted by molar-refractivity contribution is 0.385. The summed E-state index contributed by atoms with van der Waals surface area (Å²) < 4.78 is 0. The molecule has 0 aromatic carbocycles. The lowest BCUT2D eigenvalue weighted by Gasteiger charge is -2.23. The Balaban J connectivity index is 3.97. The summed E-state index contributed by atoms with van der Waals surface area (Å²) in [5.74, 6) is 0. The first-order valence-corrected chi connectivity index (χ1v) is 5.86. The molecule has 0 aliphatic heterocycles. The van der Waals surface area contributed by atoms with E-state index in [2.05, 4.69) is 57.1 Å². The smallest absolute Gasteiger partial charge is 0.0549 e. The van der Waals surface area contributed by atoms with E-state index >= 15 is 0 Å². The van der Waals surface area contributed by atoms with Crippen LogP contribution in [-0.4, -0.2) is 18.2 Å². The minimum atomic E-state index is 0.344. The molecule has 0 fully saturated rings. The maximum Gasteiger partial charge on any atom is 0.0549 e. The van der Waals surface area contributed by atoms with Crippen molar-refractivity contribution in [1.29, 1.82) is 0 Å². The molecule has 0 aromatic rings. The molecule has 2 N–H and O–H groups in total. The van der Waals surface area contributed by atoms with Crippen LogP contribution in [0.15, 0.2) is 24.8 Å². The van der Waals surface area contributed by atoms with E-state index in [1.807, 2.05) is 6.08 Å². The first-order valence-electron chi connectivity index (χ1n) is 5.86. The van der Waals surface area contributed by atoms with Gasteiger partial charge in [0.05, 0.1) is 6.17 Å². The van der Waals surface area contributed by atoms with E-state index in [4.69, 9.17) is 0 Å². The third kappa shape index (κ3) is 8.40. The quantitative estimate of drug-likeness (QED) is 0.475. The fraction of sp³-hybridized carbons (Fsp3) is 0.692. The molecule has 0 amide bonds. The summed E-state index contributed by atoms with van der Waals surface area (Å²) in [6.07, 6.45) is 8.79. The van der Waals surface area contributed by atoms with Crippen LogP contribution in [0, 0.1) is 0 Å². The Morgan fingerprint density at radius 1 is 1.20 bits per heavy atom. The molecule has 15 heavy (non-hydrogen) atoms. The van der Waals surface area contributed by atoms with Crippen LogP contribution in [0.4, 0.5) is 0 Å². The van der Waals surface area contributed by atoms with E-state index in [0.29, 0.717) is 18.2 Å². The minimum absolute atomic E-state index is 0.344. The molecular weight excluding hydrogens is 184 g/mol. The zero-order chi connectivity index (χ0) is 11.7. The van der Waals surface area contributed by atoms with E-state index in [9.17, 15) is 0 Å². The van der Waals surface area contributed by atoms with Crippen molar-refractivity contribution in [1.82, 2.24) is 10.6 Å². The van der Waals surface area contributed by atoms with Gasteiger partial charge in [0.1, 0.15) is 0 Å². The normalized spacial score (nSPS) is 15.8. The zero-order valence-electron chi connectivity index (χ0n) is 10.6. The Hall–Kier alpha value is -0.600. The van der Waals surface area contributed by atoms with Gasteiger partial charge >= 0.3 is 0 Å². The molecule has 0 rings (SSSR count).